The minimum Gasteiger partial charge on any atom is -0.507 e. The predicted molar refractivity (Wildman–Crippen MR) is 207 cm³/mol. The first-order chi connectivity index (χ1) is 27.2. The maximum Gasteiger partial charge on any atom is 0.262 e. The van der Waals surface area contributed by atoms with E-state index in [1.54, 1.807) is 12.1 Å². The molecule has 290 valence electrons. The average Bonchev–Trinajstić information content (AvgIpc) is 3.50. The summed E-state index contributed by atoms with van der Waals surface area (Å²) in [5.74, 6) is 1.64. The molecular formula is C42H47N9O5. The topological polar surface area (TPSA) is 155 Å². The van der Waals surface area contributed by atoms with Crippen LogP contribution in [0.4, 0.5) is 17.2 Å². The summed E-state index contributed by atoms with van der Waals surface area (Å²) in [5, 5.41) is 25.1. The number of piperazine rings is 1. The maximum atomic E-state index is 13.4. The van der Waals surface area contributed by atoms with E-state index in [2.05, 4.69) is 46.5 Å². The standard InChI is InChI=1S/C42H47N9O5/c52-36-4-2-1-3-28(36)33-16-35-38(46-45-33)43-19-26-20-47(13-14-50(26)35)21-30-31-22-49(23-32(30)31)25-17-42(18-25)9-11-48(12-10-42)24-5-6-27-29(15-24)41(56)51(40(27)55)34-7-8-37(53)44-39(34)54/h1-6,15-16,25-26,30-32,34,52H,7-14,17-23H2,(H,43,46)(H,44,53,54)/t26-,30-,31-,32+,34?/m0/s1. The van der Waals surface area contributed by atoms with E-state index in [9.17, 15) is 24.3 Å². The third-order valence-electron chi connectivity index (χ3n) is 14.7. The number of rotatable bonds is 6. The second-order valence-corrected chi connectivity index (χ2v) is 17.6. The zero-order valence-electron chi connectivity index (χ0n) is 31.4. The van der Waals surface area contributed by atoms with E-state index < -0.39 is 23.8 Å². The Morgan fingerprint density at radius 1 is 0.821 bits per heavy atom. The van der Waals surface area contributed by atoms with Gasteiger partial charge in [0.15, 0.2) is 5.82 Å². The predicted octanol–water partition coefficient (Wildman–Crippen LogP) is 2.79. The van der Waals surface area contributed by atoms with E-state index in [0.717, 1.165) is 92.0 Å². The highest BCUT2D eigenvalue weighted by atomic mass is 16.3. The van der Waals surface area contributed by atoms with Gasteiger partial charge in [-0.15, -0.1) is 10.2 Å². The SMILES string of the molecule is O=C1CCC(N2C(=O)c3ccc(N4CCC5(CC4)CC(N4C[C@@H]6[C@@H](CN7CCN8c9cc(-c%10ccccc%10O)nnc9NC[C@H]8C7)[C@@H]6C4)C5)cc3C2=O)C(=O)N1. The Hall–Kier alpha value is -5.08. The molecule has 4 saturated heterocycles. The summed E-state index contributed by atoms with van der Waals surface area (Å²) in [5.41, 5.74) is 4.51. The van der Waals surface area contributed by atoms with Gasteiger partial charge < -0.3 is 20.2 Å². The van der Waals surface area contributed by atoms with Crippen molar-refractivity contribution in [2.24, 2.45) is 23.2 Å². The number of amides is 4. The number of aromatic hydroxyl groups is 1. The lowest BCUT2D eigenvalue weighted by molar-refractivity contribution is -0.136. The zero-order chi connectivity index (χ0) is 37.9. The van der Waals surface area contributed by atoms with Crippen LogP contribution in [0.25, 0.3) is 11.3 Å². The number of aromatic nitrogens is 2. The molecule has 3 N–H and O–H groups in total. The molecule has 1 spiro atoms. The Morgan fingerprint density at radius 3 is 2.39 bits per heavy atom. The van der Waals surface area contributed by atoms with Gasteiger partial charge in [-0.25, -0.2) is 0 Å². The Balaban J connectivity index is 0.649. The van der Waals surface area contributed by atoms with E-state index in [-0.39, 0.29) is 24.5 Å². The molecule has 4 amide bonds. The molecule has 1 aromatic heterocycles. The van der Waals surface area contributed by atoms with E-state index in [1.807, 2.05) is 30.3 Å². The number of phenols is 1. The first-order valence-corrected chi connectivity index (χ1v) is 20.5. The van der Waals surface area contributed by atoms with Crippen LogP contribution in [-0.2, 0) is 9.59 Å². The molecule has 2 saturated carbocycles. The van der Waals surface area contributed by atoms with E-state index >= 15 is 0 Å². The minimum atomic E-state index is -0.947. The van der Waals surface area contributed by atoms with Crippen LogP contribution in [0.2, 0.25) is 0 Å². The monoisotopic (exact) mass is 757 g/mol. The van der Waals surface area contributed by atoms with Crippen LogP contribution >= 0.6 is 0 Å². The Morgan fingerprint density at radius 2 is 1.61 bits per heavy atom. The van der Waals surface area contributed by atoms with Crippen molar-refractivity contribution in [2.75, 3.05) is 74.0 Å². The molecule has 11 rings (SSSR count). The Labute approximate surface area is 325 Å². The lowest BCUT2D eigenvalue weighted by Crippen LogP contribution is -2.58. The summed E-state index contributed by atoms with van der Waals surface area (Å²) in [6.07, 6.45) is 5.09. The number of fused-ring (bicyclic) bond motifs is 5. The molecule has 2 aromatic carbocycles. The highest BCUT2D eigenvalue weighted by Crippen LogP contribution is 2.57. The zero-order valence-corrected chi connectivity index (χ0v) is 31.4. The van der Waals surface area contributed by atoms with Gasteiger partial charge in [-0.1, -0.05) is 12.1 Å². The Bertz CT molecular complexity index is 2150. The number of para-hydroxylation sites is 1. The van der Waals surface area contributed by atoms with Crippen molar-refractivity contribution in [3.05, 3.63) is 59.7 Å². The lowest BCUT2D eigenvalue weighted by atomic mass is 9.60. The van der Waals surface area contributed by atoms with Gasteiger partial charge in [-0.2, -0.15) is 0 Å². The molecule has 14 heteroatoms. The first kappa shape index (κ1) is 34.2. The highest BCUT2D eigenvalue weighted by Gasteiger charge is 2.59. The molecule has 56 heavy (non-hydrogen) atoms. The molecule has 1 unspecified atom stereocenters. The number of hydrogen-bond acceptors (Lipinski definition) is 12. The fourth-order valence-electron chi connectivity index (χ4n) is 11.4. The second-order valence-electron chi connectivity index (χ2n) is 17.6. The molecule has 0 radical (unpaired) electrons. The van der Waals surface area contributed by atoms with Crippen LogP contribution in [0.1, 0.15) is 59.2 Å². The molecule has 8 aliphatic rings. The number of carbonyl (C=O) groups is 4. The fourth-order valence-corrected chi connectivity index (χ4v) is 11.4. The van der Waals surface area contributed by atoms with Crippen molar-refractivity contribution in [3.63, 3.8) is 0 Å². The van der Waals surface area contributed by atoms with Crippen molar-refractivity contribution < 1.29 is 24.3 Å². The normalized spacial score (nSPS) is 29.7. The maximum absolute atomic E-state index is 13.4. The number of phenolic OH excluding ortho intramolecular Hbond substituents is 1. The van der Waals surface area contributed by atoms with Gasteiger partial charge in [0, 0.05) is 82.6 Å². The van der Waals surface area contributed by atoms with E-state index in [1.165, 1.54) is 32.5 Å². The minimum absolute atomic E-state index is 0.112. The fraction of sp³-hybridized carbons (Fsp3) is 0.524. The van der Waals surface area contributed by atoms with Crippen molar-refractivity contribution in [1.29, 1.82) is 0 Å². The smallest absolute Gasteiger partial charge is 0.262 e. The summed E-state index contributed by atoms with van der Waals surface area (Å²) in [7, 11) is 0. The lowest BCUT2D eigenvalue weighted by Gasteiger charge is -2.55. The van der Waals surface area contributed by atoms with Gasteiger partial charge >= 0.3 is 0 Å². The number of imide groups is 2. The third kappa shape index (κ3) is 5.50. The molecule has 14 nitrogen and oxygen atoms in total. The van der Waals surface area contributed by atoms with Crippen LogP contribution in [0, 0.1) is 23.2 Å². The number of carbonyl (C=O) groups excluding carboxylic acids is 4. The number of hydrogen-bond donors (Lipinski definition) is 3. The summed E-state index contributed by atoms with van der Waals surface area (Å²) in [6.45, 7) is 9.46. The van der Waals surface area contributed by atoms with Gasteiger partial charge in [0.05, 0.1) is 28.6 Å². The number of nitrogens with zero attached hydrogens (tertiary/aromatic N) is 7. The van der Waals surface area contributed by atoms with Crippen LogP contribution in [0.15, 0.2) is 48.5 Å². The summed E-state index contributed by atoms with van der Waals surface area (Å²) < 4.78 is 0. The van der Waals surface area contributed by atoms with Gasteiger partial charge in [-0.3, -0.25) is 39.2 Å². The van der Waals surface area contributed by atoms with Crippen LogP contribution < -0.4 is 20.4 Å². The summed E-state index contributed by atoms with van der Waals surface area (Å²) >= 11 is 0. The van der Waals surface area contributed by atoms with Crippen molar-refractivity contribution in [3.8, 4) is 17.0 Å². The van der Waals surface area contributed by atoms with Crippen LogP contribution in [-0.4, -0.2) is 131 Å². The number of anilines is 3. The number of benzene rings is 2. The van der Waals surface area contributed by atoms with Gasteiger partial charge in [0.1, 0.15) is 11.8 Å². The Kier molecular flexibility index (Phi) is 7.77. The van der Waals surface area contributed by atoms with Crippen LogP contribution in [0.3, 0.4) is 0 Å². The molecule has 0 bridgehead atoms. The van der Waals surface area contributed by atoms with Crippen LogP contribution in [0.5, 0.6) is 5.75 Å². The van der Waals surface area contributed by atoms with Gasteiger partial charge in [-0.05, 0) is 91.7 Å². The largest absolute Gasteiger partial charge is 0.507 e. The molecule has 5 atom stereocenters. The number of piperidine rings is 3. The molecule has 7 heterocycles. The van der Waals surface area contributed by atoms with Crippen molar-refractivity contribution in [2.45, 2.75) is 56.7 Å². The van der Waals surface area contributed by atoms with Gasteiger partial charge in [0.25, 0.3) is 11.8 Å². The first-order valence-electron chi connectivity index (χ1n) is 20.5. The highest BCUT2D eigenvalue weighted by molar-refractivity contribution is 6.23. The second kappa shape index (κ2) is 12.7. The number of nitrogens with one attached hydrogen (secondary N) is 2. The van der Waals surface area contributed by atoms with E-state index in [4.69, 9.17) is 0 Å². The summed E-state index contributed by atoms with van der Waals surface area (Å²) in [4.78, 5) is 62.0. The summed E-state index contributed by atoms with van der Waals surface area (Å²) in [6, 6.07) is 15.0. The quantitative estimate of drug-likeness (QED) is 0.317. The van der Waals surface area contributed by atoms with Gasteiger partial charge in [0.2, 0.25) is 11.8 Å². The number of likely N-dealkylation sites (tertiary alicyclic amines) is 1. The average molecular weight is 758 g/mol. The third-order valence-corrected chi connectivity index (χ3v) is 14.7. The molecular weight excluding hydrogens is 711 g/mol. The van der Waals surface area contributed by atoms with Crippen molar-refractivity contribution >= 4 is 40.8 Å². The van der Waals surface area contributed by atoms with Crippen molar-refractivity contribution in [1.82, 2.24) is 30.2 Å². The van der Waals surface area contributed by atoms with E-state index in [0.29, 0.717) is 39.9 Å². The molecule has 6 aliphatic heterocycles. The molecule has 6 fully saturated rings. The molecule has 3 aromatic rings. The molecule has 2 aliphatic carbocycles.